The van der Waals surface area contributed by atoms with E-state index in [0.29, 0.717) is 49.6 Å². The number of nitrogens with zero attached hydrogens (tertiary/aromatic N) is 2. The van der Waals surface area contributed by atoms with E-state index in [1.54, 1.807) is 6.07 Å². The molecule has 2 aromatic heterocycles. The van der Waals surface area contributed by atoms with Crippen molar-refractivity contribution in [2.24, 2.45) is 5.92 Å². The van der Waals surface area contributed by atoms with Crippen molar-refractivity contribution in [2.75, 3.05) is 19.7 Å². The van der Waals surface area contributed by atoms with E-state index in [-0.39, 0.29) is 17.8 Å². The Kier molecular flexibility index (Phi) is 5.34. The smallest absolute Gasteiger partial charge is 0.309 e. The number of likely N-dealkylation sites (tertiary alicyclic amines) is 1. The van der Waals surface area contributed by atoms with Crippen LogP contribution in [0.5, 0.6) is 0 Å². The Labute approximate surface area is 169 Å². The Bertz CT molecular complexity index is 1050. The van der Waals surface area contributed by atoms with Crippen LogP contribution < -0.4 is 0 Å². The molecule has 0 saturated carbocycles. The maximum Gasteiger partial charge on any atom is 0.309 e. The monoisotopic (exact) mass is 392 g/mol. The van der Waals surface area contributed by atoms with Gasteiger partial charge in [0, 0.05) is 18.5 Å². The maximum absolute atomic E-state index is 13.4. The number of pyridine rings is 1. The summed E-state index contributed by atoms with van der Waals surface area (Å²) in [5.74, 6) is 1.10. The predicted molar refractivity (Wildman–Crippen MR) is 109 cm³/mol. The zero-order chi connectivity index (χ0) is 20.4. The van der Waals surface area contributed by atoms with Gasteiger partial charge in [-0.05, 0) is 51.0 Å². The molecule has 0 aliphatic carbocycles. The number of ether oxygens (including phenoxy) is 1. The fourth-order valence-corrected chi connectivity index (χ4v) is 3.80. The minimum Gasteiger partial charge on any atom is -0.466 e. The summed E-state index contributed by atoms with van der Waals surface area (Å²) in [5.41, 5.74) is 2.00. The molecule has 6 nitrogen and oxygen atoms in total. The van der Waals surface area contributed by atoms with Gasteiger partial charge in [0.1, 0.15) is 11.5 Å². The van der Waals surface area contributed by atoms with Gasteiger partial charge in [-0.15, -0.1) is 0 Å². The van der Waals surface area contributed by atoms with Crippen LogP contribution in [0, 0.1) is 12.8 Å². The normalized spacial score (nSPS) is 14.9. The van der Waals surface area contributed by atoms with Gasteiger partial charge in [-0.25, -0.2) is 4.98 Å². The van der Waals surface area contributed by atoms with Gasteiger partial charge in [-0.3, -0.25) is 9.59 Å². The molecule has 6 heteroatoms. The second-order valence-corrected chi connectivity index (χ2v) is 7.30. The molecule has 150 valence electrons. The van der Waals surface area contributed by atoms with Gasteiger partial charge in [0.05, 0.1) is 23.6 Å². The number of amides is 1. The number of hydrogen-bond acceptors (Lipinski definition) is 5. The fraction of sp³-hybridized carbons (Fsp3) is 0.348. The van der Waals surface area contributed by atoms with E-state index in [0.717, 1.165) is 16.7 Å². The minimum absolute atomic E-state index is 0.0459. The number of carbonyl (C=O) groups is 2. The van der Waals surface area contributed by atoms with Gasteiger partial charge in [0.2, 0.25) is 0 Å². The molecule has 1 saturated heterocycles. The number of furan rings is 1. The molecule has 0 bridgehead atoms. The number of piperidine rings is 1. The molecule has 3 heterocycles. The van der Waals surface area contributed by atoms with E-state index < -0.39 is 0 Å². The average Bonchev–Trinajstić information content (AvgIpc) is 3.19. The van der Waals surface area contributed by atoms with Crippen molar-refractivity contribution in [2.45, 2.75) is 26.7 Å². The number of hydrogen-bond donors (Lipinski definition) is 0. The molecule has 1 aliphatic rings. The Morgan fingerprint density at radius 3 is 2.62 bits per heavy atom. The van der Waals surface area contributed by atoms with Crippen molar-refractivity contribution in [3.8, 4) is 11.5 Å². The van der Waals surface area contributed by atoms with Gasteiger partial charge in [-0.1, -0.05) is 18.2 Å². The van der Waals surface area contributed by atoms with Crippen LogP contribution in [-0.2, 0) is 9.53 Å². The molecule has 1 amide bonds. The van der Waals surface area contributed by atoms with Crippen molar-refractivity contribution in [3.63, 3.8) is 0 Å². The number of aromatic nitrogens is 1. The van der Waals surface area contributed by atoms with E-state index in [4.69, 9.17) is 9.15 Å². The molecular weight excluding hydrogens is 368 g/mol. The first-order valence-corrected chi connectivity index (χ1v) is 9.99. The summed E-state index contributed by atoms with van der Waals surface area (Å²) in [4.78, 5) is 31.8. The molecule has 1 fully saturated rings. The molecule has 4 rings (SSSR count). The molecule has 0 unspecified atom stereocenters. The van der Waals surface area contributed by atoms with Crippen molar-refractivity contribution >= 4 is 22.8 Å². The van der Waals surface area contributed by atoms with E-state index >= 15 is 0 Å². The third-order valence-electron chi connectivity index (χ3n) is 5.34. The molecule has 29 heavy (non-hydrogen) atoms. The first-order valence-electron chi connectivity index (χ1n) is 9.99. The lowest BCUT2D eigenvalue weighted by atomic mass is 9.96. The summed E-state index contributed by atoms with van der Waals surface area (Å²) in [7, 11) is 0. The maximum atomic E-state index is 13.4. The van der Waals surface area contributed by atoms with Gasteiger partial charge in [0.25, 0.3) is 5.91 Å². The van der Waals surface area contributed by atoms with E-state index in [2.05, 4.69) is 4.98 Å². The highest BCUT2D eigenvalue weighted by atomic mass is 16.5. The zero-order valence-corrected chi connectivity index (χ0v) is 16.7. The van der Waals surface area contributed by atoms with Crippen LogP contribution in [0.3, 0.4) is 0 Å². The second-order valence-electron chi connectivity index (χ2n) is 7.30. The summed E-state index contributed by atoms with van der Waals surface area (Å²) in [6.07, 6.45) is 1.25. The highest BCUT2D eigenvalue weighted by Gasteiger charge is 2.29. The van der Waals surface area contributed by atoms with Crippen LogP contribution in [0.1, 0.15) is 35.9 Å². The minimum atomic E-state index is -0.163. The first kappa shape index (κ1) is 19.2. The number of benzene rings is 1. The number of carbonyl (C=O) groups excluding carboxylic acids is 2. The third-order valence-corrected chi connectivity index (χ3v) is 5.34. The van der Waals surface area contributed by atoms with E-state index in [9.17, 15) is 9.59 Å². The lowest BCUT2D eigenvalue weighted by Gasteiger charge is -2.31. The van der Waals surface area contributed by atoms with Crippen LogP contribution in [-0.4, -0.2) is 41.5 Å². The van der Waals surface area contributed by atoms with Crippen molar-refractivity contribution in [3.05, 3.63) is 53.8 Å². The van der Waals surface area contributed by atoms with Crippen molar-refractivity contribution in [1.82, 2.24) is 9.88 Å². The molecule has 1 aromatic carbocycles. The number of esters is 1. The largest absolute Gasteiger partial charge is 0.466 e. The topological polar surface area (TPSA) is 72.6 Å². The van der Waals surface area contributed by atoms with E-state index in [1.165, 1.54) is 0 Å². The Morgan fingerprint density at radius 2 is 1.93 bits per heavy atom. The lowest BCUT2D eigenvalue weighted by molar-refractivity contribution is -0.149. The van der Waals surface area contributed by atoms with Gasteiger partial charge in [0.15, 0.2) is 5.76 Å². The van der Waals surface area contributed by atoms with Crippen LogP contribution in [0.2, 0.25) is 0 Å². The van der Waals surface area contributed by atoms with Crippen molar-refractivity contribution < 1.29 is 18.7 Å². The summed E-state index contributed by atoms with van der Waals surface area (Å²) in [6.45, 7) is 5.14. The molecule has 3 aromatic rings. The number of rotatable bonds is 4. The molecule has 1 aliphatic heterocycles. The standard InChI is InChI=1S/C23H24N2O4/c1-3-28-23(27)16-10-12-25(13-11-16)22(26)18-14-20(21-9-8-15(2)29-21)24-19-7-5-4-6-17(18)19/h4-9,14,16H,3,10-13H2,1-2H3. The van der Waals surface area contributed by atoms with Crippen molar-refractivity contribution in [1.29, 1.82) is 0 Å². The first-order chi connectivity index (χ1) is 14.1. The quantitative estimate of drug-likeness (QED) is 0.622. The molecular formula is C23H24N2O4. The molecule has 0 radical (unpaired) electrons. The SMILES string of the molecule is CCOC(=O)C1CCN(C(=O)c2cc(-c3ccc(C)o3)nc3ccccc23)CC1. The van der Waals surface area contributed by atoms with Gasteiger partial charge in [-0.2, -0.15) is 0 Å². The number of aryl methyl sites for hydroxylation is 1. The van der Waals surface area contributed by atoms with Crippen LogP contribution >= 0.6 is 0 Å². The van der Waals surface area contributed by atoms with Crippen LogP contribution in [0.4, 0.5) is 0 Å². The highest BCUT2D eigenvalue weighted by Crippen LogP contribution is 2.28. The third kappa shape index (κ3) is 3.88. The summed E-state index contributed by atoms with van der Waals surface area (Å²) >= 11 is 0. The molecule has 0 N–H and O–H groups in total. The highest BCUT2D eigenvalue weighted by molar-refractivity contribution is 6.07. The second kappa shape index (κ2) is 8.07. The Morgan fingerprint density at radius 1 is 1.17 bits per heavy atom. The van der Waals surface area contributed by atoms with Crippen LogP contribution in [0.25, 0.3) is 22.4 Å². The average molecular weight is 392 g/mol. The summed E-state index contributed by atoms with van der Waals surface area (Å²) in [6, 6.07) is 13.2. The molecule has 0 atom stereocenters. The number of para-hydroxylation sites is 1. The predicted octanol–water partition coefficient (Wildman–Crippen LogP) is 4.22. The fourth-order valence-electron chi connectivity index (χ4n) is 3.80. The number of fused-ring (bicyclic) bond motifs is 1. The molecule has 0 spiro atoms. The Balaban J connectivity index is 1.63. The van der Waals surface area contributed by atoms with Gasteiger partial charge < -0.3 is 14.1 Å². The summed E-state index contributed by atoms with van der Waals surface area (Å²) < 4.78 is 10.8. The Hall–Kier alpha value is -3.15. The van der Waals surface area contributed by atoms with Gasteiger partial charge >= 0.3 is 5.97 Å². The zero-order valence-electron chi connectivity index (χ0n) is 16.7. The summed E-state index contributed by atoms with van der Waals surface area (Å²) in [5, 5.41) is 0.817. The lowest BCUT2D eigenvalue weighted by Crippen LogP contribution is -2.40. The van der Waals surface area contributed by atoms with E-state index in [1.807, 2.05) is 55.1 Å². The van der Waals surface area contributed by atoms with Crippen LogP contribution in [0.15, 0.2) is 46.9 Å².